The molecule has 10 nitrogen and oxygen atoms in total. The molecule has 2 saturated heterocycles. The van der Waals surface area contributed by atoms with Crippen LogP contribution in [0.1, 0.15) is 30.3 Å². The molecule has 2 aliphatic heterocycles. The second-order valence-corrected chi connectivity index (χ2v) is 9.13. The Kier molecular flexibility index (Phi) is 7.68. The van der Waals surface area contributed by atoms with E-state index < -0.39 is 17.5 Å². The maximum absolute atomic E-state index is 13.4. The highest BCUT2D eigenvalue weighted by molar-refractivity contribution is 6.03. The van der Waals surface area contributed by atoms with E-state index in [2.05, 4.69) is 26.8 Å². The lowest BCUT2D eigenvalue weighted by Gasteiger charge is -2.40. The minimum Gasteiger partial charge on any atom is -0.505 e. The number of nitrogens with zero attached hydrogens (tertiary/aromatic N) is 5. The summed E-state index contributed by atoms with van der Waals surface area (Å²) < 4.78 is 19.4. The van der Waals surface area contributed by atoms with Gasteiger partial charge >= 0.3 is 6.01 Å². The third kappa shape index (κ3) is 5.73. The Labute approximate surface area is 209 Å². The van der Waals surface area contributed by atoms with Crippen LogP contribution >= 0.6 is 0 Å². The summed E-state index contributed by atoms with van der Waals surface area (Å²) in [6.45, 7) is 8.40. The Hall–Kier alpha value is -3.73. The monoisotopic (exact) mass is 498 g/mol. The number of halogens is 1. The van der Waals surface area contributed by atoms with E-state index >= 15 is 0 Å². The van der Waals surface area contributed by atoms with Gasteiger partial charge in [0.25, 0.3) is 5.91 Å². The molecule has 1 aromatic carbocycles. The number of nitrogens with one attached hydrogen (secondary N) is 1. The van der Waals surface area contributed by atoms with Crippen LogP contribution in [0, 0.1) is 5.82 Å². The minimum absolute atomic E-state index is 0.0652. The summed E-state index contributed by atoms with van der Waals surface area (Å²) >= 11 is 0. The molecule has 1 aromatic heterocycles. The molecule has 0 spiro atoms. The number of phenolic OH excluding ortho intramolecular Hbond substituents is 1. The summed E-state index contributed by atoms with van der Waals surface area (Å²) in [5, 5.41) is 12.3. The van der Waals surface area contributed by atoms with Gasteiger partial charge in [-0.05, 0) is 51.6 Å². The molecule has 192 valence electrons. The third-order valence-electron chi connectivity index (χ3n) is 6.61. The number of amides is 2. The first-order valence-corrected chi connectivity index (χ1v) is 11.9. The van der Waals surface area contributed by atoms with Crippen LogP contribution in [-0.4, -0.2) is 88.6 Å². The maximum Gasteiger partial charge on any atom is 0.319 e. The lowest BCUT2D eigenvalue weighted by molar-refractivity contribution is -0.126. The predicted molar refractivity (Wildman–Crippen MR) is 133 cm³/mol. The van der Waals surface area contributed by atoms with Crippen LogP contribution in [-0.2, 0) is 4.79 Å². The quantitative estimate of drug-likeness (QED) is 0.560. The molecule has 0 radical (unpaired) electrons. The molecule has 36 heavy (non-hydrogen) atoms. The molecular formula is C25H31FN6O4. The van der Waals surface area contributed by atoms with Gasteiger partial charge in [-0.25, -0.2) is 4.39 Å². The molecule has 2 atom stereocenters. The molecule has 0 unspecified atom stereocenters. The molecule has 2 N–H and O–H groups in total. The normalized spacial score (nSPS) is 20.3. The standard InChI is InChI=1S/C25H31FN6O4/c1-4-23(34)31-10-11-32(16(2)14-31)22-13-20(24(35)27-17-7-8-19(26)21(33)12-17)28-25(29-22)36-15-18-6-5-9-30(18)3/h4,7-8,12-13,16,18,33H,1,5-6,9-11,14-15H2,2-3H3,(H,27,35)/t16-,18-/m0/s1. The van der Waals surface area contributed by atoms with Crippen molar-refractivity contribution in [2.24, 2.45) is 0 Å². The van der Waals surface area contributed by atoms with Gasteiger partial charge in [-0.15, -0.1) is 0 Å². The Bertz CT molecular complexity index is 1150. The number of likely N-dealkylation sites (N-methyl/N-ethyl adjacent to an activating group) is 1. The molecule has 0 aliphatic carbocycles. The first kappa shape index (κ1) is 25.4. The summed E-state index contributed by atoms with van der Waals surface area (Å²) in [7, 11) is 2.04. The lowest BCUT2D eigenvalue weighted by Crippen LogP contribution is -2.53. The van der Waals surface area contributed by atoms with Gasteiger partial charge in [-0.3, -0.25) is 9.59 Å². The topological polar surface area (TPSA) is 111 Å². The van der Waals surface area contributed by atoms with E-state index in [1.165, 1.54) is 12.1 Å². The van der Waals surface area contributed by atoms with Crippen LogP contribution in [0.4, 0.5) is 15.9 Å². The smallest absolute Gasteiger partial charge is 0.319 e. The predicted octanol–water partition coefficient (Wildman–Crippen LogP) is 2.27. The van der Waals surface area contributed by atoms with Gasteiger partial charge in [0.15, 0.2) is 11.6 Å². The second-order valence-electron chi connectivity index (χ2n) is 9.13. The highest BCUT2D eigenvalue weighted by Gasteiger charge is 2.28. The molecule has 2 aliphatic rings. The molecular weight excluding hydrogens is 467 g/mol. The zero-order chi connectivity index (χ0) is 25.8. The van der Waals surface area contributed by atoms with Crippen LogP contribution < -0.4 is 15.0 Å². The fourth-order valence-electron chi connectivity index (χ4n) is 4.51. The van der Waals surface area contributed by atoms with Crippen molar-refractivity contribution in [1.29, 1.82) is 0 Å². The third-order valence-corrected chi connectivity index (χ3v) is 6.61. The van der Waals surface area contributed by atoms with Crippen molar-refractivity contribution in [3.8, 4) is 11.8 Å². The summed E-state index contributed by atoms with van der Waals surface area (Å²) in [6, 6.07) is 5.35. The molecule has 4 rings (SSSR count). The Morgan fingerprint density at radius 3 is 2.75 bits per heavy atom. The number of hydrogen-bond donors (Lipinski definition) is 2. The van der Waals surface area contributed by atoms with E-state index in [4.69, 9.17) is 4.74 Å². The van der Waals surface area contributed by atoms with Crippen LogP contribution in [0.15, 0.2) is 36.9 Å². The zero-order valence-electron chi connectivity index (χ0n) is 20.5. The number of piperazine rings is 1. The van der Waals surface area contributed by atoms with E-state index in [0.29, 0.717) is 32.1 Å². The maximum atomic E-state index is 13.4. The Morgan fingerprint density at radius 2 is 2.08 bits per heavy atom. The number of rotatable bonds is 7. The number of anilines is 2. The van der Waals surface area contributed by atoms with Gasteiger partial charge in [0.05, 0.1) is 0 Å². The van der Waals surface area contributed by atoms with Crippen LogP contribution in [0.2, 0.25) is 0 Å². The minimum atomic E-state index is -0.784. The summed E-state index contributed by atoms with van der Waals surface area (Å²) in [5.41, 5.74) is 0.286. The molecule has 2 fully saturated rings. The molecule has 2 amide bonds. The first-order chi connectivity index (χ1) is 17.2. The van der Waals surface area contributed by atoms with Crippen molar-refractivity contribution in [1.82, 2.24) is 19.8 Å². The zero-order valence-corrected chi connectivity index (χ0v) is 20.5. The van der Waals surface area contributed by atoms with Crippen molar-refractivity contribution < 1.29 is 23.8 Å². The highest BCUT2D eigenvalue weighted by atomic mass is 19.1. The fourth-order valence-corrected chi connectivity index (χ4v) is 4.51. The number of phenols is 1. The number of benzene rings is 1. The first-order valence-electron chi connectivity index (χ1n) is 11.9. The Morgan fingerprint density at radius 1 is 1.28 bits per heavy atom. The highest BCUT2D eigenvalue weighted by Crippen LogP contribution is 2.25. The summed E-state index contributed by atoms with van der Waals surface area (Å²) in [4.78, 5) is 40.0. The van der Waals surface area contributed by atoms with Crippen LogP contribution in [0.3, 0.4) is 0 Å². The van der Waals surface area contributed by atoms with Crippen LogP contribution in [0.5, 0.6) is 11.8 Å². The summed E-state index contributed by atoms with van der Waals surface area (Å²) in [5.74, 6) is -1.53. The van der Waals surface area contributed by atoms with Gasteiger partial charge in [-0.2, -0.15) is 9.97 Å². The number of aromatic nitrogens is 2. The van der Waals surface area contributed by atoms with Gasteiger partial charge in [-0.1, -0.05) is 6.58 Å². The molecule has 11 heteroatoms. The number of carbonyl (C=O) groups is 2. The van der Waals surface area contributed by atoms with E-state index in [1.54, 1.807) is 11.0 Å². The van der Waals surface area contributed by atoms with Gasteiger partial charge in [0.2, 0.25) is 5.91 Å². The van der Waals surface area contributed by atoms with E-state index in [1.807, 2.05) is 18.9 Å². The number of likely N-dealkylation sites (tertiary alicyclic amines) is 1. The van der Waals surface area contributed by atoms with E-state index in [0.717, 1.165) is 31.5 Å². The number of ether oxygens (including phenoxy) is 1. The number of hydrogen-bond acceptors (Lipinski definition) is 8. The van der Waals surface area contributed by atoms with Gasteiger partial charge in [0.1, 0.15) is 18.1 Å². The van der Waals surface area contributed by atoms with Crippen molar-refractivity contribution in [3.63, 3.8) is 0 Å². The summed E-state index contributed by atoms with van der Waals surface area (Å²) in [6.07, 6.45) is 3.40. The van der Waals surface area contributed by atoms with Crippen molar-refractivity contribution in [2.45, 2.75) is 31.8 Å². The van der Waals surface area contributed by atoms with Crippen molar-refractivity contribution >= 4 is 23.3 Å². The SMILES string of the molecule is C=CC(=O)N1CCN(c2cc(C(=O)Nc3ccc(F)c(O)c3)nc(OC[C@@H]3CCCN3C)n2)[C@@H](C)C1. The molecule has 0 saturated carbocycles. The molecule has 2 aromatic rings. The van der Waals surface area contributed by atoms with Gasteiger partial charge in [0, 0.05) is 49.5 Å². The van der Waals surface area contributed by atoms with Crippen molar-refractivity contribution in [3.05, 3.63) is 48.4 Å². The van der Waals surface area contributed by atoms with Crippen molar-refractivity contribution in [2.75, 3.05) is 50.1 Å². The largest absolute Gasteiger partial charge is 0.505 e. The van der Waals surface area contributed by atoms with Crippen LogP contribution in [0.25, 0.3) is 0 Å². The molecule has 3 heterocycles. The van der Waals surface area contributed by atoms with E-state index in [-0.39, 0.29) is 35.4 Å². The average molecular weight is 499 g/mol. The van der Waals surface area contributed by atoms with E-state index in [9.17, 15) is 19.1 Å². The molecule has 0 bridgehead atoms. The number of aromatic hydroxyl groups is 1. The average Bonchev–Trinajstić information content (AvgIpc) is 3.28. The van der Waals surface area contributed by atoms with Gasteiger partial charge < -0.3 is 29.9 Å². The Balaban J connectivity index is 1.58. The lowest BCUT2D eigenvalue weighted by atomic mass is 10.2. The fraction of sp³-hybridized carbons (Fsp3) is 0.440. The second kappa shape index (κ2) is 10.9. The number of carbonyl (C=O) groups excluding carboxylic acids is 2.